The van der Waals surface area contributed by atoms with E-state index in [1.807, 2.05) is 30.3 Å². The lowest BCUT2D eigenvalue weighted by Gasteiger charge is -2.09. The molecule has 2 nitrogen and oxygen atoms in total. The first kappa shape index (κ1) is 16.1. The standard InChI is InChI=1S/C22H22O2/c1-17-6-12-21(13-7-17)23-15-19-8-10-20(11-9-19)16-24-22-5-3-4-18(2)14-22/h3-14H,15-16H2,1-2H3. The topological polar surface area (TPSA) is 18.5 Å². The molecule has 0 amide bonds. The molecular weight excluding hydrogens is 296 g/mol. The molecule has 0 heterocycles. The van der Waals surface area contributed by atoms with Crippen molar-refractivity contribution in [2.24, 2.45) is 0 Å². The monoisotopic (exact) mass is 318 g/mol. The number of hydrogen-bond acceptors (Lipinski definition) is 2. The maximum Gasteiger partial charge on any atom is 0.120 e. The molecule has 0 fully saturated rings. The number of ether oxygens (including phenoxy) is 2. The van der Waals surface area contributed by atoms with Crippen LogP contribution >= 0.6 is 0 Å². The first-order chi connectivity index (χ1) is 11.7. The third-order valence-electron chi connectivity index (χ3n) is 3.84. The zero-order valence-electron chi connectivity index (χ0n) is 14.2. The smallest absolute Gasteiger partial charge is 0.120 e. The van der Waals surface area contributed by atoms with Crippen LogP contribution in [0.4, 0.5) is 0 Å². The molecule has 0 spiro atoms. The van der Waals surface area contributed by atoms with Crippen molar-refractivity contribution in [1.29, 1.82) is 0 Å². The first-order valence-corrected chi connectivity index (χ1v) is 8.16. The fourth-order valence-corrected chi connectivity index (χ4v) is 2.40. The summed E-state index contributed by atoms with van der Waals surface area (Å²) in [5.74, 6) is 1.80. The zero-order chi connectivity index (χ0) is 16.8. The minimum absolute atomic E-state index is 0.572. The Balaban J connectivity index is 1.52. The SMILES string of the molecule is Cc1ccc(OCc2ccc(COc3cccc(C)c3)cc2)cc1. The molecule has 0 saturated carbocycles. The van der Waals surface area contributed by atoms with E-state index < -0.39 is 0 Å². The van der Waals surface area contributed by atoms with Gasteiger partial charge in [0.05, 0.1) is 0 Å². The third kappa shape index (κ3) is 4.63. The maximum absolute atomic E-state index is 5.82. The average Bonchev–Trinajstić information content (AvgIpc) is 2.60. The Kier molecular flexibility index (Phi) is 5.17. The van der Waals surface area contributed by atoms with Crippen molar-refractivity contribution >= 4 is 0 Å². The van der Waals surface area contributed by atoms with Crippen molar-refractivity contribution in [2.45, 2.75) is 27.1 Å². The summed E-state index contributed by atoms with van der Waals surface area (Å²) in [6.45, 7) is 5.28. The van der Waals surface area contributed by atoms with Crippen molar-refractivity contribution < 1.29 is 9.47 Å². The highest BCUT2D eigenvalue weighted by molar-refractivity contribution is 5.29. The molecule has 3 aromatic rings. The summed E-state index contributed by atoms with van der Waals surface area (Å²) in [6, 6.07) is 24.6. The fraction of sp³-hybridized carbons (Fsp3) is 0.182. The highest BCUT2D eigenvalue weighted by Crippen LogP contribution is 2.16. The highest BCUT2D eigenvalue weighted by Gasteiger charge is 1.99. The molecule has 0 aromatic heterocycles. The van der Waals surface area contributed by atoms with Crippen LogP contribution in [0.2, 0.25) is 0 Å². The van der Waals surface area contributed by atoms with E-state index in [2.05, 4.69) is 56.3 Å². The van der Waals surface area contributed by atoms with Gasteiger partial charge in [0.25, 0.3) is 0 Å². The largest absolute Gasteiger partial charge is 0.489 e. The van der Waals surface area contributed by atoms with Gasteiger partial charge in [-0.1, -0.05) is 54.1 Å². The maximum atomic E-state index is 5.82. The van der Waals surface area contributed by atoms with Crippen molar-refractivity contribution in [3.8, 4) is 11.5 Å². The summed E-state index contributed by atoms with van der Waals surface area (Å²) in [6.07, 6.45) is 0. The fourth-order valence-electron chi connectivity index (χ4n) is 2.40. The second-order valence-corrected chi connectivity index (χ2v) is 6.02. The Bertz CT molecular complexity index is 774. The second-order valence-electron chi connectivity index (χ2n) is 6.02. The van der Waals surface area contributed by atoms with Crippen LogP contribution in [0.1, 0.15) is 22.3 Å². The van der Waals surface area contributed by atoms with Crippen LogP contribution in [0.3, 0.4) is 0 Å². The van der Waals surface area contributed by atoms with Gasteiger partial charge in [0.15, 0.2) is 0 Å². The summed E-state index contributed by atoms with van der Waals surface area (Å²) in [4.78, 5) is 0. The van der Waals surface area contributed by atoms with Gasteiger partial charge in [-0.25, -0.2) is 0 Å². The minimum atomic E-state index is 0.572. The van der Waals surface area contributed by atoms with E-state index in [0.717, 1.165) is 22.6 Å². The number of rotatable bonds is 6. The Labute approximate surface area is 143 Å². The Morgan fingerprint density at radius 2 is 1.17 bits per heavy atom. The predicted octanol–water partition coefficient (Wildman–Crippen LogP) is 5.46. The van der Waals surface area contributed by atoms with Crippen LogP contribution in [0, 0.1) is 13.8 Å². The molecule has 0 unspecified atom stereocenters. The minimum Gasteiger partial charge on any atom is -0.489 e. The molecule has 122 valence electrons. The molecular formula is C22H22O2. The molecule has 3 rings (SSSR count). The van der Waals surface area contributed by atoms with Crippen LogP contribution in [-0.2, 0) is 13.2 Å². The van der Waals surface area contributed by atoms with E-state index in [9.17, 15) is 0 Å². The quantitative estimate of drug-likeness (QED) is 0.600. The zero-order valence-corrected chi connectivity index (χ0v) is 14.2. The van der Waals surface area contributed by atoms with Crippen LogP contribution in [-0.4, -0.2) is 0 Å². The summed E-state index contributed by atoms with van der Waals surface area (Å²) in [7, 11) is 0. The lowest BCUT2D eigenvalue weighted by Crippen LogP contribution is -1.98. The van der Waals surface area contributed by atoms with Crippen molar-refractivity contribution in [3.63, 3.8) is 0 Å². The van der Waals surface area contributed by atoms with Gasteiger partial charge in [-0.15, -0.1) is 0 Å². The van der Waals surface area contributed by atoms with Gasteiger partial charge in [-0.3, -0.25) is 0 Å². The van der Waals surface area contributed by atoms with Gasteiger partial charge >= 0.3 is 0 Å². The van der Waals surface area contributed by atoms with Gasteiger partial charge in [0.2, 0.25) is 0 Å². The van der Waals surface area contributed by atoms with Gasteiger partial charge in [0.1, 0.15) is 24.7 Å². The highest BCUT2D eigenvalue weighted by atomic mass is 16.5. The van der Waals surface area contributed by atoms with Crippen molar-refractivity contribution in [1.82, 2.24) is 0 Å². The third-order valence-corrected chi connectivity index (χ3v) is 3.84. The lowest BCUT2D eigenvalue weighted by atomic mass is 10.1. The molecule has 2 heteroatoms. The van der Waals surface area contributed by atoms with E-state index in [0.29, 0.717) is 13.2 Å². The Hall–Kier alpha value is -2.74. The van der Waals surface area contributed by atoms with E-state index in [4.69, 9.17) is 9.47 Å². The summed E-state index contributed by atoms with van der Waals surface area (Å²) < 4.78 is 11.6. The first-order valence-electron chi connectivity index (χ1n) is 8.16. The van der Waals surface area contributed by atoms with Crippen LogP contribution < -0.4 is 9.47 Å². The van der Waals surface area contributed by atoms with Gasteiger partial charge < -0.3 is 9.47 Å². The van der Waals surface area contributed by atoms with Crippen LogP contribution in [0.15, 0.2) is 72.8 Å². The normalized spacial score (nSPS) is 10.4. The van der Waals surface area contributed by atoms with Crippen molar-refractivity contribution in [2.75, 3.05) is 0 Å². The molecule has 0 atom stereocenters. The Morgan fingerprint density at radius 3 is 1.75 bits per heavy atom. The van der Waals surface area contributed by atoms with E-state index in [1.165, 1.54) is 11.1 Å². The summed E-state index contributed by atoms with van der Waals surface area (Å²) >= 11 is 0. The van der Waals surface area contributed by atoms with Crippen LogP contribution in [0.25, 0.3) is 0 Å². The van der Waals surface area contributed by atoms with Gasteiger partial charge in [-0.05, 0) is 54.8 Å². The van der Waals surface area contributed by atoms with E-state index >= 15 is 0 Å². The molecule has 3 aromatic carbocycles. The summed E-state index contributed by atoms with van der Waals surface area (Å²) in [5.41, 5.74) is 4.74. The Morgan fingerprint density at radius 1 is 0.583 bits per heavy atom. The molecule has 0 aliphatic heterocycles. The molecule has 0 aliphatic carbocycles. The average molecular weight is 318 g/mol. The number of aryl methyl sites for hydroxylation is 2. The second kappa shape index (κ2) is 7.69. The molecule has 0 N–H and O–H groups in total. The van der Waals surface area contributed by atoms with Gasteiger partial charge in [-0.2, -0.15) is 0 Å². The molecule has 0 radical (unpaired) electrons. The number of benzene rings is 3. The van der Waals surface area contributed by atoms with Gasteiger partial charge in [0, 0.05) is 0 Å². The van der Waals surface area contributed by atoms with Crippen molar-refractivity contribution in [3.05, 3.63) is 95.1 Å². The predicted molar refractivity (Wildman–Crippen MR) is 97.5 cm³/mol. The summed E-state index contributed by atoms with van der Waals surface area (Å²) in [5, 5.41) is 0. The van der Waals surface area contributed by atoms with E-state index in [1.54, 1.807) is 0 Å². The number of hydrogen-bond donors (Lipinski definition) is 0. The molecule has 0 aliphatic rings. The molecule has 0 bridgehead atoms. The van der Waals surface area contributed by atoms with Crippen LogP contribution in [0.5, 0.6) is 11.5 Å². The lowest BCUT2D eigenvalue weighted by molar-refractivity contribution is 0.302. The molecule has 0 saturated heterocycles. The molecule has 24 heavy (non-hydrogen) atoms. The van der Waals surface area contributed by atoms with E-state index in [-0.39, 0.29) is 0 Å².